The summed E-state index contributed by atoms with van der Waals surface area (Å²) in [7, 11) is 0. The molecule has 1 heterocycles. The summed E-state index contributed by atoms with van der Waals surface area (Å²) in [6.07, 6.45) is 1.08. The molecule has 128 valence electrons. The van der Waals surface area contributed by atoms with E-state index in [9.17, 15) is 15.0 Å². The molecule has 0 atom stereocenters. The lowest BCUT2D eigenvalue weighted by Crippen LogP contribution is -2.43. The zero-order valence-electron chi connectivity index (χ0n) is 14.0. The molecule has 0 aliphatic carbocycles. The van der Waals surface area contributed by atoms with Crippen molar-refractivity contribution in [3.8, 4) is 5.75 Å². The monoisotopic (exact) mass is 322 g/mol. The summed E-state index contributed by atoms with van der Waals surface area (Å²) in [6.45, 7) is 6.89. The average Bonchev–Trinajstić information content (AvgIpc) is 2.41. The van der Waals surface area contributed by atoms with Crippen LogP contribution in [-0.4, -0.2) is 40.6 Å². The van der Waals surface area contributed by atoms with Crippen LogP contribution in [0.2, 0.25) is 0 Å². The SMILES string of the molecule is CC(C)(C)OC(=O)Nc1ccc(O)c(CC2(O)CCNCC2)c1. The first kappa shape index (κ1) is 17.6. The molecule has 1 saturated heterocycles. The Morgan fingerprint density at radius 2 is 2.00 bits per heavy atom. The third kappa shape index (κ3) is 5.41. The Hall–Kier alpha value is -1.79. The molecule has 0 radical (unpaired) electrons. The summed E-state index contributed by atoms with van der Waals surface area (Å²) in [5, 5.41) is 26.5. The minimum absolute atomic E-state index is 0.117. The fraction of sp³-hybridized carbons (Fsp3) is 0.588. The second kappa shape index (κ2) is 6.76. The molecule has 1 aliphatic heterocycles. The number of nitrogens with one attached hydrogen (secondary N) is 2. The molecule has 1 aromatic rings. The highest BCUT2D eigenvalue weighted by molar-refractivity contribution is 5.85. The molecule has 0 bridgehead atoms. The molecule has 6 heteroatoms. The van der Waals surface area contributed by atoms with Crippen LogP contribution in [0, 0.1) is 0 Å². The van der Waals surface area contributed by atoms with Crippen LogP contribution in [0.1, 0.15) is 39.2 Å². The summed E-state index contributed by atoms with van der Waals surface area (Å²) in [5.74, 6) is 0.117. The van der Waals surface area contributed by atoms with E-state index in [1.165, 1.54) is 6.07 Å². The van der Waals surface area contributed by atoms with E-state index in [-0.39, 0.29) is 5.75 Å². The van der Waals surface area contributed by atoms with Crippen molar-refractivity contribution in [2.45, 2.75) is 51.2 Å². The van der Waals surface area contributed by atoms with Crippen molar-refractivity contribution in [3.05, 3.63) is 23.8 Å². The summed E-state index contributed by atoms with van der Waals surface area (Å²) in [4.78, 5) is 11.8. The molecule has 23 heavy (non-hydrogen) atoms. The molecule has 1 fully saturated rings. The maximum absolute atomic E-state index is 11.8. The van der Waals surface area contributed by atoms with Crippen molar-refractivity contribution in [2.24, 2.45) is 0 Å². The van der Waals surface area contributed by atoms with E-state index < -0.39 is 17.3 Å². The number of ether oxygens (including phenoxy) is 1. The first-order valence-corrected chi connectivity index (χ1v) is 7.92. The van der Waals surface area contributed by atoms with E-state index in [1.54, 1.807) is 32.9 Å². The van der Waals surface area contributed by atoms with Gasteiger partial charge in [-0.3, -0.25) is 5.32 Å². The highest BCUT2D eigenvalue weighted by Gasteiger charge is 2.30. The quantitative estimate of drug-likeness (QED) is 0.642. The number of hydrogen-bond donors (Lipinski definition) is 4. The van der Waals surface area contributed by atoms with Gasteiger partial charge in [0.1, 0.15) is 11.4 Å². The number of carbonyl (C=O) groups excluding carboxylic acids is 1. The number of amides is 1. The Morgan fingerprint density at radius 1 is 1.35 bits per heavy atom. The van der Waals surface area contributed by atoms with Crippen LogP contribution < -0.4 is 10.6 Å². The van der Waals surface area contributed by atoms with Gasteiger partial charge in [0, 0.05) is 12.1 Å². The maximum atomic E-state index is 11.8. The number of phenolic OH excluding ortho intramolecular Hbond substituents is 1. The molecule has 4 N–H and O–H groups in total. The van der Waals surface area contributed by atoms with Crippen molar-refractivity contribution in [3.63, 3.8) is 0 Å². The van der Waals surface area contributed by atoms with Crippen LogP contribution in [0.15, 0.2) is 18.2 Å². The molecule has 1 aromatic carbocycles. The number of phenols is 1. The third-order valence-electron chi connectivity index (χ3n) is 3.78. The van der Waals surface area contributed by atoms with Crippen LogP contribution in [0.25, 0.3) is 0 Å². The van der Waals surface area contributed by atoms with Crippen molar-refractivity contribution in [2.75, 3.05) is 18.4 Å². The lowest BCUT2D eigenvalue weighted by molar-refractivity contribution is 0.0104. The molecular formula is C17H26N2O4. The predicted molar refractivity (Wildman–Crippen MR) is 88.7 cm³/mol. The third-order valence-corrected chi connectivity index (χ3v) is 3.78. The van der Waals surface area contributed by atoms with E-state index in [2.05, 4.69) is 10.6 Å². The van der Waals surface area contributed by atoms with Gasteiger partial charge in [0.15, 0.2) is 0 Å². The van der Waals surface area contributed by atoms with Crippen molar-refractivity contribution >= 4 is 11.8 Å². The fourth-order valence-electron chi connectivity index (χ4n) is 2.65. The van der Waals surface area contributed by atoms with Crippen LogP contribution in [0.5, 0.6) is 5.75 Å². The van der Waals surface area contributed by atoms with Gasteiger partial charge < -0.3 is 20.3 Å². The number of hydrogen-bond acceptors (Lipinski definition) is 5. The number of rotatable bonds is 3. The number of benzene rings is 1. The molecule has 0 spiro atoms. The largest absolute Gasteiger partial charge is 0.508 e. The topological polar surface area (TPSA) is 90.8 Å². The zero-order valence-corrected chi connectivity index (χ0v) is 14.0. The molecule has 1 aliphatic rings. The summed E-state index contributed by atoms with van der Waals surface area (Å²) in [5.41, 5.74) is -0.256. The molecule has 0 unspecified atom stereocenters. The lowest BCUT2D eigenvalue weighted by Gasteiger charge is -2.33. The standard InChI is InChI=1S/C17H26N2O4/c1-16(2,3)23-15(21)19-13-4-5-14(20)12(10-13)11-17(22)6-8-18-9-7-17/h4-5,10,18,20,22H,6-9,11H2,1-3H3,(H,19,21). The molecule has 2 rings (SSSR count). The zero-order chi connectivity index (χ0) is 17.1. The van der Waals surface area contributed by atoms with Gasteiger partial charge in [0.2, 0.25) is 0 Å². The van der Waals surface area contributed by atoms with Gasteiger partial charge in [-0.15, -0.1) is 0 Å². The van der Waals surface area contributed by atoms with Gasteiger partial charge in [0.25, 0.3) is 0 Å². The van der Waals surface area contributed by atoms with Crippen LogP contribution in [-0.2, 0) is 11.2 Å². The highest BCUT2D eigenvalue weighted by Crippen LogP contribution is 2.30. The minimum atomic E-state index is -0.826. The Bertz CT molecular complexity index is 560. The minimum Gasteiger partial charge on any atom is -0.508 e. The van der Waals surface area contributed by atoms with E-state index >= 15 is 0 Å². The molecule has 0 aromatic heterocycles. The second-order valence-corrected chi connectivity index (χ2v) is 7.12. The summed E-state index contributed by atoms with van der Waals surface area (Å²) in [6, 6.07) is 4.81. The van der Waals surface area contributed by atoms with Crippen LogP contribution >= 0.6 is 0 Å². The van der Waals surface area contributed by atoms with E-state index in [0.717, 1.165) is 13.1 Å². The molecular weight excluding hydrogens is 296 g/mol. The van der Waals surface area contributed by atoms with E-state index in [0.29, 0.717) is 30.5 Å². The molecule has 0 saturated carbocycles. The van der Waals surface area contributed by atoms with Crippen molar-refractivity contribution in [1.82, 2.24) is 5.32 Å². The van der Waals surface area contributed by atoms with Crippen LogP contribution in [0.3, 0.4) is 0 Å². The predicted octanol–water partition coefficient (Wildman–Crippen LogP) is 2.40. The van der Waals surface area contributed by atoms with Crippen molar-refractivity contribution in [1.29, 1.82) is 0 Å². The van der Waals surface area contributed by atoms with Gasteiger partial charge in [-0.2, -0.15) is 0 Å². The maximum Gasteiger partial charge on any atom is 0.412 e. The molecule has 6 nitrogen and oxygen atoms in total. The van der Waals surface area contributed by atoms with Crippen LogP contribution in [0.4, 0.5) is 10.5 Å². The summed E-state index contributed by atoms with van der Waals surface area (Å²) >= 11 is 0. The van der Waals surface area contributed by atoms with E-state index in [4.69, 9.17) is 4.74 Å². The van der Waals surface area contributed by atoms with Gasteiger partial charge in [0.05, 0.1) is 5.60 Å². The smallest absolute Gasteiger partial charge is 0.412 e. The first-order chi connectivity index (χ1) is 10.7. The fourth-order valence-corrected chi connectivity index (χ4v) is 2.65. The molecule has 1 amide bonds. The van der Waals surface area contributed by atoms with Gasteiger partial charge in [-0.1, -0.05) is 0 Å². The number of anilines is 1. The number of carbonyl (C=O) groups is 1. The Balaban J connectivity index is 2.08. The Labute approximate surface area is 136 Å². The van der Waals surface area contributed by atoms with E-state index in [1.807, 2.05) is 0 Å². The first-order valence-electron chi connectivity index (χ1n) is 7.92. The second-order valence-electron chi connectivity index (χ2n) is 7.12. The highest BCUT2D eigenvalue weighted by atomic mass is 16.6. The summed E-state index contributed by atoms with van der Waals surface area (Å²) < 4.78 is 5.21. The Kier molecular flexibility index (Phi) is 5.16. The van der Waals surface area contributed by atoms with Gasteiger partial charge in [-0.25, -0.2) is 4.79 Å². The van der Waals surface area contributed by atoms with Gasteiger partial charge in [-0.05, 0) is 70.5 Å². The average molecular weight is 322 g/mol. The Morgan fingerprint density at radius 3 is 2.61 bits per heavy atom. The van der Waals surface area contributed by atoms with Crippen molar-refractivity contribution < 1.29 is 19.7 Å². The lowest BCUT2D eigenvalue weighted by atomic mass is 9.85. The number of aliphatic hydroxyl groups is 1. The number of piperidine rings is 1. The normalized spacial score (nSPS) is 17.6. The van der Waals surface area contributed by atoms with Gasteiger partial charge >= 0.3 is 6.09 Å². The number of aromatic hydroxyl groups is 1.